The van der Waals surface area contributed by atoms with Gasteiger partial charge in [0.2, 0.25) is 5.91 Å². The lowest BCUT2D eigenvalue weighted by Gasteiger charge is -2.12. The lowest BCUT2D eigenvalue weighted by molar-refractivity contribution is -0.124. The highest BCUT2D eigenvalue weighted by Crippen LogP contribution is 2.17. The molecule has 1 rings (SSSR count). The van der Waals surface area contributed by atoms with Crippen molar-refractivity contribution in [3.05, 3.63) is 11.8 Å². The topological polar surface area (TPSA) is 102 Å². The summed E-state index contributed by atoms with van der Waals surface area (Å²) in [5, 5.41) is 14.1. The second kappa shape index (κ2) is 9.02. The van der Waals surface area contributed by atoms with Gasteiger partial charge in [-0.05, 0) is 6.42 Å². The van der Waals surface area contributed by atoms with Gasteiger partial charge < -0.3 is 10.6 Å². The third kappa shape index (κ3) is 5.47. The van der Waals surface area contributed by atoms with Crippen LogP contribution in [0.15, 0.2) is 11.8 Å². The van der Waals surface area contributed by atoms with Crippen LogP contribution in [0.2, 0.25) is 0 Å². The standard InChI is InChI=1S/C13H18N4O3S/c1-2-3-4-16-12(19)10(7-14)8-15-5-6-17-11(18)9-21-13(17)20/h8,15H,2-6,9H2,1H3,(H,16,19)/b10-8-. The predicted molar refractivity (Wildman–Crippen MR) is 79.2 cm³/mol. The smallest absolute Gasteiger partial charge is 0.288 e. The van der Waals surface area contributed by atoms with E-state index in [1.165, 1.54) is 6.20 Å². The number of carbonyl (C=O) groups is 3. The molecular weight excluding hydrogens is 292 g/mol. The molecule has 0 aromatic rings. The average Bonchev–Trinajstić information content (AvgIpc) is 2.79. The van der Waals surface area contributed by atoms with Crippen LogP contribution in [0.4, 0.5) is 4.79 Å². The number of nitrogens with zero attached hydrogens (tertiary/aromatic N) is 2. The Hall–Kier alpha value is -2.01. The number of thioether (sulfide) groups is 1. The molecule has 3 amide bonds. The fourth-order valence-corrected chi connectivity index (χ4v) is 2.32. The fourth-order valence-electron chi connectivity index (χ4n) is 1.57. The Morgan fingerprint density at radius 3 is 2.81 bits per heavy atom. The number of carbonyl (C=O) groups excluding carboxylic acids is 3. The Labute approximate surface area is 127 Å². The first-order valence-corrected chi connectivity index (χ1v) is 7.67. The van der Waals surface area contributed by atoms with E-state index in [2.05, 4.69) is 10.6 Å². The van der Waals surface area contributed by atoms with Crippen LogP contribution in [-0.4, -0.2) is 47.3 Å². The summed E-state index contributed by atoms with van der Waals surface area (Å²) in [6.45, 7) is 3.05. The third-order valence-electron chi connectivity index (χ3n) is 2.75. The van der Waals surface area contributed by atoms with Gasteiger partial charge in [-0.1, -0.05) is 25.1 Å². The third-order valence-corrected chi connectivity index (χ3v) is 3.61. The molecule has 1 aliphatic heterocycles. The van der Waals surface area contributed by atoms with Crippen LogP contribution in [-0.2, 0) is 9.59 Å². The van der Waals surface area contributed by atoms with E-state index in [-0.39, 0.29) is 29.0 Å². The Balaban J connectivity index is 2.36. The van der Waals surface area contributed by atoms with Crippen LogP contribution in [0.5, 0.6) is 0 Å². The molecule has 0 unspecified atom stereocenters. The molecule has 0 bridgehead atoms. The summed E-state index contributed by atoms with van der Waals surface area (Å²) in [6, 6.07) is 1.81. The average molecular weight is 310 g/mol. The van der Waals surface area contributed by atoms with Gasteiger partial charge in [0.25, 0.3) is 11.1 Å². The molecule has 0 spiro atoms. The minimum Gasteiger partial charge on any atom is -0.388 e. The van der Waals surface area contributed by atoms with Crippen molar-refractivity contribution in [1.82, 2.24) is 15.5 Å². The quantitative estimate of drug-likeness (QED) is 0.386. The van der Waals surface area contributed by atoms with Crippen molar-refractivity contribution in [2.75, 3.05) is 25.4 Å². The molecule has 1 heterocycles. The molecule has 0 aromatic heterocycles. The Morgan fingerprint density at radius 2 is 2.24 bits per heavy atom. The van der Waals surface area contributed by atoms with Crippen molar-refractivity contribution in [2.24, 2.45) is 0 Å². The molecule has 0 aliphatic carbocycles. The lowest BCUT2D eigenvalue weighted by atomic mass is 10.2. The van der Waals surface area contributed by atoms with E-state index >= 15 is 0 Å². The van der Waals surface area contributed by atoms with Crippen molar-refractivity contribution >= 4 is 28.8 Å². The zero-order chi connectivity index (χ0) is 15.7. The molecule has 0 saturated carbocycles. The number of rotatable bonds is 8. The summed E-state index contributed by atoms with van der Waals surface area (Å²) in [6.07, 6.45) is 3.12. The molecule has 1 fully saturated rings. The van der Waals surface area contributed by atoms with Crippen molar-refractivity contribution in [1.29, 1.82) is 5.26 Å². The molecule has 0 atom stereocenters. The Bertz CT molecular complexity index is 468. The number of amides is 3. The van der Waals surface area contributed by atoms with Gasteiger partial charge >= 0.3 is 0 Å². The van der Waals surface area contributed by atoms with Gasteiger partial charge in [0, 0.05) is 25.8 Å². The Kier molecular flexibility index (Phi) is 7.32. The maximum absolute atomic E-state index is 11.6. The summed E-state index contributed by atoms with van der Waals surface area (Å²) in [4.78, 5) is 35.5. The van der Waals surface area contributed by atoms with Crippen LogP contribution in [0, 0.1) is 11.3 Å². The minimum absolute atomic E-state index is 0.0282. The van der Waals surface area contributed by atoms with E-state index in [1.807, 2.05) is 13.0 Å². The van der Waals surface area contributed by atoms with Crippen LogP contribution < -0.4 is 10.6 Å². The number of nitriles is 1. The minimum atomic E-state index is -0.428. The number of nitrogens with one attached hydrogen (secondary N) is 2. The largest absolute Gasteiger partial charge is 0.388 e. The van der Waals surface area contributed by atoms with Crippen LogP contribution in [0.3, 0.4) is 0 Å². The molecule has 1 aliphatic rings. The summed E-state index contributed by atoms with van der Waals surface area (Å²) in [7, 11) is 0. The van der Waals surface area contributed by atoms with E-state index in [9.17, 15) is 14.4 Å². The van der Waals surface area contributed by atoms with Crippen molar-refractivity contribution in [2.45, 2.75) is 19.8 Å². The second-order valence-electron chi connectivity index (χ2n) is 4.33. The molecule has 7 nitrogen and oxygen atoms in total. The number of unbranched alkanes of at least 4 members (excludes halogenated alkanes) is 1. The van der Waals surface area contributed by atoms with E-state index in [0.717, 1.165) is 29.5 Å². The van der Waals surface area contributed by atoms with E-state index < -0.39 is 5.91 Å². The first-order chi connectivity index (χ1) is 10.1. The first-order valence-electron chi connectivity index (χ1n) is 6.69. The first kappa shape index (κ1) is 17.0. The summed E-state index contributed by atoms with van der Waals surface area (Å²) < 4.78 is 0. The van der Waals surface area contributed by atoms with Crippen molar-refractivity contribution in [3.63, 3.8) is 0 Å². The summed E-state index contributed by atoms with van der Waals surface area (Å²) >= 11 is 0.976. The van der Waals surface area contributed by atoms with E-state index in [4.69, 9.17) is 5.26 Å². The molecular formula is C13H18N4O3S. The number of hydrogen-bond acceptors (Lipinski definition) is 6. The lowest BCUT2D eigenvalue weighted by Crippen LogP contribution is -2.34. The maximum atomic E-state index is 11.6. The van der Waals surface area contributed by atoms with Crippen LogP contribution >= 0.6 is 11.8 Å². The second-order valence-corrected chi connectivity index (χ2v) is 5.26. The molecule has 0 aromatic carbocycles. The highest BCUT2D eigenvalue weighted by atomic mass is 32.2. The number of hydrogen-bond donors (Lipinski definition) is 2. The van der Waals surface area contributed by atoms with Crippen LogP contribution in [0.25, 0.3) is 0 Å². The SMILES string of the molecule is CCCCNC(=O)/C(C#N)=C\NCCN1C(=O)CSC1=O. The molecule has 1 saturated heterocycles. The van der Waals surface area contributed by atoms with Gasteiger partial charge in [0.15, 0.2) is 0 Å². The van der Waals surface area contributed by atoms with Gasteiger partial charge in [0.05, 0.1) is 5.75 Å². The van der Waals surface area contributed by atoms with Crippen molar-refractivity contribution < 1.29 is 14.4 Å². The van der Waals surface area contributed by atoms with Gasteiger partial charge in [-0.3, -0.25) is 19.3 Å². The van der Waals surface area contributed by atoms with Gasteiger partial charge in [-0.15, -0.1) is 0 Å². The van der Waals surface area contributed by atoms with Gasteiger partial charge in [0.1, 0.15) is 11.6 Å². The number of imide groups is 1. The van der Waals surface area contributed by atoms with E-state index in [0.29, 0.717) is 13.1 Å². The van der Waals surface area contributed by atoms with Crippen molar-refractivity contribution in [3.8, 4) is 6.07 Å². The molecule has 2 N–H and O–H groups in total. The van der Waals surface area contributed by atoms with Crippen LogP contribution in [0.1, 0.15) is 19.8 Å². The fraction of sp³-hybridized carbons (Fsp3) is 0.538. The molecule has 21 heavy (non-hydrogen) atoms. The summed E-state index contributed by atoms with van der Waals surface area (Å²) in [5.41, 5.74) is -0.0282. The zero-order valence-electron chi connectivity index (χ0n) is 11.8. The normalized spacial score (nSPS) is 15.0. The zero-order valence-corrected chi connectivity index (χ0v) is 12.7. The molecule has 114 valence electrons. The predicted octanol–water partition coefficient (Wildman–Crippen LogP) is 0.595. The van der Waals surface area contributed by atoms with Gasteiger partial charge in [-0.25, -0.2) is 0 Å². The Morgan fingerprint density at radius 1 is 1.48 bits per heavy atom. The molecule has 0 radical (unpaired) electrons. The van der Waals surface area contributed by atoms with E-state index in [1.54, 1.807) is 0 Å². The summed E-state index contributed by atoms with van der Waals surface area (Å²) in [5.74, 6) is -0.464. The molecule has 8 heteroatoms. The monoisotopic (exact) mass is 310 g/mol. The highest BCUT2D eigenvalue weighted by Gasteiger charge is 2.28. The maximum Gasteiger partial charge on any atom is 0.288 e. The van der Waals surface area contributed by atoms with Gasteiger partial charge in [-0.2, -0.15) is 5.26 Å². The highest BCUT2D eigenvalue weighted by molar-refractivity contribution is 8.14.